The minimum Gasteiger partial charge on any atom is -0.452 e. The van der Waals surface area contributed by atoms with Crippen molar-refractivity contribution < 1.29 is 37.4 Å². The molecule has 0 N–H and O–H groups in total. The number of rotatable bonds is 10. The number of hydrogen-bond acceptors (Lipinski definition) is 8. The summed E-state index contributed by atoms with van der Waals surface area (Å²) in [4.78, 5) is 25.1. The van der Waals surface area contributed by atoms with E-state index in [1.807, 2.05) is 0 Å². The Morgan fingerprint density at radius 2 is 1.42 bits per heavy atom. The fourth-order valence-corrected chi connectivity index (χ4v) is 4.57. The molecule has 1 heterocycles. The maximum Gasteiger partial charge on any atom is 0.353 e. The molecule has 1 unspecified atom stereocenters. The van der Waals surface area contributed by atoms with Crippen LogP contribution < -0.4 is 0 Å². The lowest BCUT2D eigenvalue weighted by atomic mass is 10.2. The molecule has 1 aliphatic rings. The zero-order valence-corrected chi connectivity index (χ0v) is 19.4. The quantitative estimate of drug-likeness (QED) is 0.352. The number of carbonyl (C=O) groups excluding carboxylic acids is 2. The van der Waals surface area contributed by atoms with E-state index in [1.165, 1.54) is 11.9 Å². The van der Waals surface area contributed by atoms with Crippen LogP contribution in [0.3, 0.4) is 0 Å². The van der Waals surface area contributed by atoms with E-state index in [0.29, 0.717) is 11.1 Å². The topological polar surface area (TPSA) is 97.4 Å². The van der Waals surface area contributed by atoms with Crippen LogP contribution >= 0.6 is 7.60 Å². The Labute approximate surface area is 193 Å². The van der Waals surface area contributed by atoms with Gasteiger partial charge in [0.1, 0.15) is 0 Å². The second kappa shape index (κ2) is 11.9. The number of ether oxygens (including phenoxy) is 3. The average Bonchev–Trinajstić information content (AvgIpc) is 3.20. The molecule has 0 spiro atoms. The van der Waals surface area contributed by atoms with Gasteiger partial charge >= 0.3 is 19.5 Å². The van der Waals surface area contributed by atoms with E-state index in [2.05, 4.69) is 0 Å². The van der Waals surface area contributed by atoms with Crippen molar-refractivity contribution in [3.8, 4) is 0 Å². The third-order valence-electron chi connectivity index (χ3n) is 4.68. The van der Waals surface area contributed by atoms with E-state index in [4.69, 9.17) is 23.3 Å². The largest absolute Gasteiger partial charge is 0.452 e. The molecule has 0 bridgehead atoms. The van der Waals surface area contributed by atoms with Gasteiger partial charge in [-0.15, -0.1) is 0 Å². The van der Waals surface area contributed by atoms with E-state index in [1.54, 1.807) is 74.5 Å². The monoisotopic (exact) mass is 474 g/mol. The lowest BCUT2D eigenvalue weighted by molar-refractivity contribution is -0.130. The molecule has 0 radical (unpaired) electrons. The van der Waals surface area contributed by atoms with Gasteiger partial charge in [0.05, 0.1) is 30.4 Å². The van der Waals surface area contributed by atoms with Crippen molar-refractivity contribution in [1.82, 2.24) is 0 Å². The lowest BCUT2D eigenvalue weighted by Crippen LogP contribution is -2.31. The molecule has 0 aliphatic carbocycles. The minimum absolute atomic E-state index is 0.195. The molecular weight excluding hydrogens is 447 g/mol. The van der Waals surface area contributed by atoms with Gasteiger partial charge in [0.25, 0.3) is 0 Å². The molecular formula is C24H27O8P. The normalized spacial score (nSPS) is 20.6. The second-order valence-electron chi connectivity index (χ2n) is 7.08. The highest BCUT2D eigenvalue weighted by Crippen LogP contribution is 2.50. The Hall–Kier alpha value is -2.77. The Morgan fingerprint density at radius 1 is 0.909 bits per heavy atom. The Balaban J connectivity index is 1.75. The molecule has 1 aliphatic heterocycles. The van der Waals surface area contributed by atoms with Gasteiger partial charge < -0.3 is 23.3 Å². The van der Waals surface area contributed by atoms with Crippen LogP contribution in [0.4, 0.5) is 0 Å². The molecule has 3 rings (SSSR count). The molecule has 0 amide bonds. The van der Waals surface area contributed by atoms with Crippen molar-refractivity contribution in [3.63, 3.8) is 0 Å². The lowest BCUT2D eigenvalue weighted by Gasteiger charge is -2.19. The van der Waals surface area contributed by atoms with Gasteiger partial charge in [-0.2, -0.15) is 0 Å². The zero-order chi connectivity index (χ0) is 23.7. The first kappa shape index (κ1) is 24.9. The molecule has 0 saturated carbocycles. The SMILES string of the molecule is CCOP(=O)(/C=C/[C@@H]1C[C@@H](OC(=O)c2ccccc2)C(OC(=O)c2ccccc2)O1)OCC. The Bertz CT molecular complexity index is 921. The first-order valence-corrected chi connectivity index (χ1v) is 12.3. The van der Waals surface area contributed by atoms with Gasteiger partial charge in [0.15, 0.2) is 6.10 Å². The molecule has 9 heteroatoms. The van der Waals surface area contributed by atoms with Crippen molar-refractivity contribution in [2.75, 3.05) is 13.2 Å². The Kier molecular flexibility index (Phi) is 8.97. The van der Waals surface area contributed by atoms with Crippen LogP contribution in [0.1, 0.15) is 41.0 Å². The summed E-state index contributed by atoms with van der Waals surface area (Å²) in [7, 11) is -3.44. The molecule has 8 nitrogen and oxygen atoms in total. The fraction of sp³-hybridized carbons (Fsp3) is 0.333. The predicted octanol–water partition coefficient (Wildman–Crippen LogP) is 4.96. The van der Waals surface area contributed by atoms with Crippen LogP contribution in [-0.2, 0) is 27.8 Å². The predicted molar refractivity (Wildman–Crippen MR) is 121 cm³/mol. The number of esters is 2. The second-order valence-corrected chi connectivity index (χ2v) is 8.97. The minimum atomic E-state index is -3.44. The standard InChI is InChI=1S/C24H27O8P/c1-3-28-33(27,29-4-2)16-15-20-17-21(31-22(25)18-11-7-5-8-12-18)24(30-20)32-23(26)19-13-9-6-10-14-19/h5-16,20-21,24H,3-4,17H2,1-2H3/b16-15+/t20-,21-,24?/m1/s1. The number of carbonyl (C=O) groups is 2. The third-order valence-corrected chi connectivity index (χ3v) is 6.45. The maximum absolute atomic E-state index is 12.7. The number of benzene rings is 2. The molecule has 3 atom stereocenters. The van der Waals surface area contributed by atoms with Gasteiger partial charge in [-0.3, -0.25) is 4.57 Å². The van der Waals surface area contributed by atoms with Gasteiger partial charge in [0.2, 0.25) is 6.29 Å². The van der Waals surface area contributed by atoms with Gasteiger partial charge in [-0.1, -0.05) is 36.4 Å². The van der Waals surface area contributed by atoms with Crippen LogP contribution in [0, 0.1) is 0 Å². The fourth-order valence-electron chi connectivity index (χ4n) is 3.20. The summed E-state index contributed by atoms with van der Waals surface area (Å²) in [6.07, 6.45) is -0.926. The number of hydrogen-bond donors (Lipinski definition) is 0. The van der Waals surface area contributed by atoms with Crippen molar-refractivity contribution in [2.24, 2.45) is 0 Å². The van der Waals surface area contributed by atoms with Crippen molar-refractivity contribution >= 4 is 19.5 Å². The molecule has 1 saturated heterocycles. The van der Waals surface area contributed by atoms with Crippen molar-refractivity contribution in [3.05, 3.63) is 83.7 Å². The van der Waals surface area contributed by atoms with E-state index < -0.39 is 38.0 Å². The molecule has 2 aromatic rings. The maximum atomic E-state index is 12.7. The molecule has 1 fully saturated rings. The highest BCUT2D eigenvalue weighted by Gasteiger charge is 2.40. The highest BCUT2D eigenvalue weighted by molar-refractivity contribution is 7.57. The summed E-state index contributed by atoms with van der Waals surface area (Å²) in [6, 6.07) is 16.9. The van der Waals surface area contributed by atoms with Gasteiger partial charge in [0, 0.05) is 12.2 Å². The van der Waals surface area contributed by atoms with Crippen LogP contribution in [0.2, 0.25) is 0 Å². The first-order valence-electron chi connectivity index (χ1n) is 10.7. The molecule has 176 valence electrons. The molecule has 33 heavy (non-hydrogen) atoms. The van der Waals surface area contributed by atoms with Crippen LogP contribution in [0.15, 0.2) is 72.6 Å². The van der Waals surface area contributed by atoms with Gasteiger partial charge in [-0.25, -0.2) is 9.59 Å². The van der Waals surface area contributed by atoms with Crippen molar-refractivity contribution in [1.29, 1.82) is 0 Å². The summed E-state index contributed by atoms with van der Waals surface area (Å²) in [5, 5.41) is 0. The smallest absolute Gasteiger partial charge is 0.353 e. The summed E-state index contributed by atoms with van der Waals surface area (Å²) < 4.78 is 40.1. The van der Waals surface area contributed by atoms with Crippen LogP contribution in [0.5, 0.6) is 0 Å². The summed E-state index contributed by atoms with van der Waals surface area (Å²) in [5.41, 5.74) is 0.701. The van der Waals surface area contributed by atoms with Crippen LogP contribution in [0.25, 0.3) is 0 Å². The van der Waals surface area contributed by atoms with Crippen LogP contribution in [-0.4, -0.2) is 43.7 Å². The van der Waals surface area contributed by atoms with E-state index >= 15 is 0 Å². The third kappa shape index (κ3) is 7.11. The highest BCUT2D eigenvalue weighted by atomic mass is 31.2. The average molecular weight is 474 g/mol. The summed E-state index contributed by atoms with van der Waals surface area (Å²) in [6.45, 7) is 3.84. The van der Waals surface area contributed by atoms with Gasteiger partial charge in [-0.05, 0) is 44.2 Å². The van der Waals surface area contributed by atoms with E-state index in [0.717, 1.165) is 0 Å². The summed E-state index contributed by atoms with van der Waals surface area (Å²) >= 11 is 0. The van der Waals surface area contributed by atoms with Crippen molar-refractivity contribution in [2.45, 2.75) is 38.8 Å². The molecule has 0 aromatic heterocycles. The molecule has 2 aromatic carbocycles. The zero-order valence-electron chi connectivity index (χ0n) is 18.5. The summed E-state index contributed by atoms with van der Waals surface area (Å²) in [5.74, 6) is 0.145. The Morgan fingerprint density at radius 3 is 1.94 bits per heavy atom. The van der Waals surface area contributed by atoms with E-state index in [-0.39, 0.29) is 19.6 Å². The first-order chi connectivity index (χ1) is 15.9. The van der Waals surface area contributed by atoms with E-state index in [9.17, 15) is 14.2 Å².